The second-order valence-corrected chi connectivity index (χ2v) is 3.86. The Morgan fingerprint density at radius 1 is 1.56 bits per heavy atom. The van der Waals surface area contributed by atoms with Crippen LogP contribution in [0.5, 0.6) is 0 Å². The molecular weight excluding hydrogens is 238 g/mol. The fourth-order valence-electron chi connectivity index (χ4n) is 1.61. The molecule has 0 atom stereocenters. The van der Waals surface area contributed by atoms with Gasteiger partial charge in [0.05, 0.1) is 7.11 Å². The van der Waals surface area contributed by atoms with Crippen LogP contribution in [0.3, 0.4) is 0 Å². The zero-order valence-corrected chi connectivity index (χ0v) is 10.3. The lowest BCUT2D eigenvalue weighted by molar-refractivity contribution is 0.0599. The molecule has 0 aliphatic carbocycles. The zero-order chi connectivity index (χ0) is 13.3. The molecule has 18 heavy (non-hydrogen) atoms. The largest absolute Gasteiger partial charge is 0.465 e. The highest BCUT2D eigenvalue weighted by molar-refractivity contribution is 5.90. The smallest absolute Gasteiger partial charge is 0.345 e. The molecule has 0 aliphatic rings. The van der Waals surface area contributed by atoms with Gasteiger partial charge < -0.3 is 9.15 Å². The van der Waals surface area contributed by atoms with E-state index in [0.29, 0.717) is 17.1 Å². The summed E-state index contributed by atoms with van der Waals surface area (Å²) in [6.07, 6.45) is 1.42. The standard InChI is InChI=1S/C11H13N3O4/c1-7-9(10(15)17-3)4-8(18-7)5-14-11(16)13(2)6-12-14/h4,6H,5H2,1-3H3. The van der Waals surface area contributed by atoms with E-state index in [0.717, 1.165) is 0 Å². The molecule has 0 spiro atoms. The van der Waals surface area contributed by atoms with Crippen molar-refractivity contribution in [3.63, 3.8) is 0 Å². The molecule has 0 radical (unpaired) electrons. The van der Waals surface area contributed by atoms with Crippen molar-refractivity contribution in [2.45, 2.75) is 13.5 Å². The van der Waals surface area contributed by atoms with Gasteiger partial charge in [-0.1, -0.05) is 0 Å². The molecule has 0 fully saturated rings. The average molecular weight is 251 g/mol. The van der Waals surface area contributed by atoms with Gasteiger partial charge in [0.2, 0.25) is 0 Å². The Morgan fingerprint density at radius 2 is 2.28 bits per heavy atom. The Hall–Kier alpha value is -2.31. The normalized spacial score (nSPS) is 10.6. The zero-order valence-electron chi connectivity index (χ0n) is 10.3. The van der Waals surface area contributed by atoms with Crippen LogP contribution in [0.2, 0.25) is 0 Å². The first kappa shape index (κ1) is 12.2. The van der Waals surface area contributed by atoms with E-state index >= 15 is 0 Å². The minimum Gasteiger partial charge on any atom is -0.465 e. The Morgan fingerprint density at radius 3 is 2.83 bits per heavy atom. The van der Waals surface area contributed by atoms with Crippen LogP contribution in [0.15, 0.2) is 21.6 Å². The van der Waals surface area contributed by atoms with Crippen LogP contribution in [0.25, 0.3) is 0 Å². The first-order valence-corrected chi connectivity index (χ1v) is 5.29. The third-order valence-electron chi connectivity index (χ3n) is 2.57. The SMILES string of the molecule is COC(=O)c1cc(Cn2ncn(C)c2=O)oc1C. The number of aryl methyl sites for hydroxylation is 2. The van der Waals surface area contributed by atoms with E-state index in [1.807, 2.05) is 0 Å². The Bertz CT molecular complexity index is 635. The fourth-order valence-corrected chi connectivity index (χ4v) is 1.61. The highest BCUT2D eigenvalue weighted by Crippen LogP contribution is 2.15. The van der Waals surface area contributed by atoms with Crippen LogP contribution in [-0.2, 0) is 18.3 Å². The number of nitrogens with zero attached hydrogens (tertiary/aromatic N) is 3. The van der Waals surface area contributed by atoms with E-state index in [4.69, 9.17) is 4.42 Å². The summed E-state index contributed by atoms with van der Waals surface area (Å²) in [4.78, 5) is 23.0. The van der Waals surface area contributed by atoms with E-state index in [2.05, 4.69) is 9.84 Å². The second kappa shape index (κ2) is 4.52. The first-order chi connectivity index (χ1) is 8.52. The predicted octanol–water partition coefficient (Wildman–Crippen LogP) is 0.318. The molecule has 0 saturated carbocycles. The quantitative estimate of drug-likeness (QED) is 0.734. The third-order valence-corrected chi connectivity index (χ3v) is 2.57. The van der Waals surface area contributed by atoms with E-state index in [1.54, 1.807) is 20.0 Å². The fraction of sp³-hybridized carbons (Fsp3) is 0.364. The lowest BCUT2D eigenvalue weighted by atomic mass is 10.2. The topological polar surface area (TPSA) is 79.3 Å². The molecule has 7 nitrogen and oxygen atoms in total. The summed E-state index contributed by atoms with van der Waals surface area (Å²) >= 11 is 0. The highest BCUT2D eigenvalue weighted by atomic mass is 16.5. The maximum Gasteiger partial charge on any atom is 0.345 e. The molecule has 0 saturated heterocycles. The molecule has 2 aromatic heterocycles. The third kappa shape index (κ3) is 2.06. The minimum atomic E-state index is -0.462. The van der Waals surface area contributed by atoms with Crippen molar-refractivity contribution in [1.29, 1.82) is 0 Å². The Balaban J connectivity index is 2.28. The lowest BCUT2D eigenvalue weighted by Gasteiger charge is -1.94. The maximum absolute atomic E-state index is 11.6. The van der Waals surface area contributed by atoms with Crippen molar-refractivity contribution in [3.8, 4) is 0 Å². The van der Waals surface area contributed by atoms with Crippen LogP contribution in [-0.4, -0.2) is 27.4 Å². The lowest BCUT2D eigenvalue weighted by Crippen LogP contribution is -2.23. The Kier molecular flexibility index (Phi) is 3.05. The Labute approximate surface area is 103 Å². The second-order valence-electron chi connectivity index (χ2n) is 3.86. The van der Waals surface area contributed by atoms with Crippen molar-refractivity contribution in [1.82, 2.24) is 14.3 Å². The predicted molar refractivity (Wildman–Crippen MR) is 61.4 cm³/mol. The molecule has 96 valence electrons. The van der Waals surface area contributed by atoms with E-state index in [9.17, 15) is 9.59 Å². The molecule has 0 aromatic carbocycles. The van der Waals surface area contributed by atoms with Crippen molar-refractivity contribution < 1.29 is 13.9 Å². The van der Waals surface area contributed by atoms with Crippen LogP contribution in [0.1, 0.15) is 21.9 Å². The van der Waals surface area contributed by atoms with E-state index in [-0.39, 0.29) is 12.2 Å². The van der Waals surface area contributed by atoms with Crippen LogP contribution >= 0.6 is 0 Å². The number of hydrogen-bond acceptors (Lipinski definition) is 5. The van der Waals surface area contributed by atoms with E-state index in [1.165, 1.54) is 22.7 Å². The van der Waals surface area contributed by atoms with Crippen LogP contribution in [0.4, 0.5) is 0 Å². The number of carbonyl (C=O) groups excluding carboxylic acids is 1. The number of furan rings is 1. The van der Waals surface area contributed by atoms with Gasteiger partial charge in [0.15, 0.2) is 0 Å². The van der Waals surface area contributed by atoms with Gasteiger partial charge in [0.25, 0.3) is 0 Å². The number of rotatable bonds is 3. The van der Waals surface area contributed by atoms with Crippen LogP contribution < -0.4 is 5.69 Å². The number of methoxy groups -OCH3 is 1. The minimum absolute atomic E-state index is 0.178. The van der Waals surface area contributed by atoms with Gasteiger partial charge in [-0.15, -0.1) is 0 Å². The van der Waals surface area contributed by atoms with Crippen molar-refractivity contribution in [2.75, 3.05) is 7.11 Å². The maximum atomic E-state index is 11.6. The molecule has 0 amide bonds. The van der Waals surface area contributed by atoms with Gasteiger partial charge in [-0.3, -0.25) is 4.57 Å². The highest BCUT2D eigenvalue weighted by Gasteiger charge is 2.16. The summed E-state index contributed by atoms with van der Waals surface area (Å²) in [5, 5.41) is 3.91. The monoisotopic (exact) mass is 251 g/mol. The summed E-state index contributed by atoms with van der Waals surface area (Å²) in [7, 11) is 2.91. The number of aromatic nitrogens is 3. The molecule has 2 rings (SSSR count). The molecule has 2 aromatic rings. The number of esters is 1. The number of ether oxygens (including phenoxy) is 1. The van der Waals surface area contributed by atoms with Gasteiger partial charge in [0, 0.05) is 7.05 Å². The van der Waals surface area contributed by atoms with Gasteiger partial charge in [0.1, 0.15) is 30.0 Å². The molecule has 2 heterocycles. The summed E-state index contributed by atoms with van der Waals surface area (Å²) in [5.41, 5.74) is 0.111. The molecule has 0 N–H and O–H groups in total. The molecule has 7 heteroatoms. The van der Waals surface area contributed by atoms with Crippen LogP contribution in [0, 0.1) is 6.92 Å². The van der Waals surface area contributed by atoms with Crippen molar-refractivity contribution in [2.24, 2.45) is 7.05 Å². The van der Waals surface area contributed by atoms with Gasteiger partial charge in [-0.05, 0) is 13.0 Å². The summed E-state index contributed by atoms with van der Waals surface area (Å²) in [6, 6.07) is 1.56. The van der Waals surface area contributed by atoms with Gasteiger partial charge in [-0.2, -0.15) is 5.10 Å². The molecule has 0 aliphatic heterocycles. The molecule has 0 bridgehead atoms. The van der Waals surface area contributed by atoms with E-state index < -0.39 is 5.97 Å². The summed E-state index contributed by atoms with van der Waals surface area (Å²) in [6.45, 7) is 1.84. The molecular formula is C11H13N3O4. The van der Waals surface area contributed by atoms with Crippen molar-refractivity contribution in [3.05, 3.63) is 40.0 Å². The summed E-state index contributed by atoms with van der Waals surface area (Å²) in [5.74, 6) is 0.477. The van der Waals surface area contributed by atoms with Gasteiger partial charge in [-0.25, -0.2) is 14.3 Å². The first-order valence-electron chi connectivity index (χ1n) is 5.29. The molecule has 0 unspecified atom stereocenters. The van der Waals surface area contributed by atoms with Gasteiger partial charge >= 0.3 is 11.7 Å². The van der Waals surface area contributed by atoms with Crippen molar-refractivity contribution >= 4 is 5.97 Å². The number of carbonyl (C=O) groups is 1. The summed E-state index contributed by atoms with van der Waals surface area (Å²) < 4.78 is 12.6. The number of hydrogen-bond donors (Lipinski definition) is 0. The average Bonchev–Trinajstić information content (AvgIpc) is 2.86.